The first-order chi connectivity index (χ1) is 15.2. The quantitative estimate of drug-likeness (QED) is 0.514. The van der Waals surface area contributed by atoms with Gasteiger partial charge in [0.05, 0.1) is 19.9 Å². The van der Waals surface area contributed by atoms with E-state index in [1.165, 1.54) is 21.7 Å². The Kier molecular flexibility index (Phi) is 5.55. The lowest BCUT2D eigenvalue weighted by Gasteiger charge is -2.25. The molecule has 0 N–H and O–H groups in total. The van der Waals surface area contributed by atoms with Gasteiger partial charge in [0.1, 0.15) is 11.5 Å². The number of thioether (sulfide) groups is 1. The van der Waals surface area contributed by atoms with Gasteiger partial charge >= 0.3 is 0 Å². The molecular formula is C25H25NO4S. The SMILES string of the molecule is COc1ccc2c(c1)S[C@H](c1ccc3c(c1)OCO3)CCN2Cc1ccccc1OC. The Morgan fingerprint density at radius 1 is 0.968 bits per heavy atom. The van der Waals surface area contributed by atoms with Crippen molar-refractivity contribution in [3.05, 3.63) is 71.8 Å². The van der Waals surface area contributed by atoms with Crippen LogP contribution in [-0.2, 0) is 6.54 Å². The lowest BCUT2D eigenvalue weighted by Crippen LogP contribution is -2.24. The highest BCUT2D eigenvalue weighted by atomic mass is 32.2. The van der Waals surface area contributed by atoms with Gasteiger partial charge in [-0.1, -0.05) is 24.3 Å². The van der Waals surface area contributed by atoms with E-state index in [-0.39, 0.29) is 0 Å². The molecule has 0 fully saturated rings. The molecule has 0 unspecified atom stereocenters. The number of para-hydroxylation sites is 1. The third-order valence-electron chi connectivity index (χ3n) is 5.76. The molecule has 0 spiro atoms. The fourth-order valence-corrected chi connectivity index (χ4v) is 5.45. The van der Waals surface area contributed by atoms with Crippen LogP contribution >= 0.6 is 11.8 Å². The Bertz CT molecular complexity index is 1090. The van der Waals surface area contributed by atoms with Crippen molar-refractivity contribution in [1.29, 1.82) is 0 Å². The maximum atomic E-state index is 5.62. The lowest BCUT2D eigenvalue weighted by atomic mass is 10.1. The summed E-state index contributed by atoms with van der Waals surface area (Å²) < 4.78 is 22.2. The Labute approximate surface area is 186 Å². The third kappa shape index (κ3) is 4.00. The predicted molar refractivity (Wildman–Crippen MR) is 123 cm³/mol. The molecule has 0 aliphatic carbocycles. The highest BCUT2D eigenvalue weighted by molar-refractivity contribution is 7.99. The molecule has 5 nitrogen and oxygen atoms in total. The average Bonchev–Trinajstić information content (AvgIpc) is 3.21. The van der Waals surface area contributed by atoms with Crippen molar-refractivity contribution in [2.24, 2.45) is 0 Å². The van der Waals surface area contributed by atoms with Crippen LogP contribution in [0.15, 0.2) is 65.6 Å². The average molecular weight is 436 g/mol. The van der Waals surface area contributed by atoms with Gasteiger partial charge in [0.2, 0.25) is 6.79 Å². The summed E-state index contributed by atoms with van der Waals surface area (Å²) in [5.74, 6) is 3.44. The highest BCUT2D eigenvalue weighted by Gasteiger charge is 2.26. The van der Waals surface area contributed by atoms with Gasteiger partial charge in [0.15, 0.2) is 11.5 Å². The molecule has 6 heteroatoms. The minimum Gasteiger partial charge on any atom is -0.497 e. The molecule has 0 bridgehead atoms. The van der Waals surface area contributed by atoms with E-state index in [1.54, 1.807) is 14.2 Å². The van der Waals surface area contributed by atoms with E-state index in [9.17, 15) is 0 Å². The molecule has 31 heavy (non-hydrogen) atoms. The second-order valence-electron chi connectivity index (χ2n) is 7.57. The number of ether oxygens (including phenoxy) is 4. The smallest absolute Gasteiger partial charge is 0.231 e. The molecule has 1 atom stereocenters. The van der Waals surface area contributed by atoms with E-state index in [0.717, 1.165) is 42.5 Å². The zero-order valence-electron chi connectivity index (χ0n) is 17.7. The largest absolute Gasteiger partial charge is 0.497 e. The predicted octanol–water partition coefficient (Wildman–Crippen LogP) is 5.68. The van der Waals surface area contributed by atoms with Gasteiger partial charge in [-0.2, -0.15) is 0 Å². The number of fused-ring (bicyclic) bond motifs is 2. The molecule has 160 valence electrons. The normalized spacial score (nSPS) is 17.1. The van der Waals surface area contributed by atoms with Crippen LogP contribution in [-0.4, -0.2) is 27.6 Å². The summed E-state index contributed by atoms with van der Waals surface area (Å²) >= 11 is 1.88. The fourth-order valence-electron chi connectivity index (χ4n) is 4.13. The Balaban J connectivity index is 1.48. The molecule has 2 aliphatic rings. The van der Waals surface area contributed by atoms with E-state index in [4.69, 9.17) is 18.9 Å². The summed E-state index contributed by atoms with van der Waals surface area (Å²) in [6.07, 6.45) is 1.01. The van der Waals surface area contributed by atoms with E-state index < -0.39 is 0 Å². The summed E-state index contributed by atoms with van der Waals surface area (Å²) in [7, 11) is 3.44. The lowest BCUT2D eigenvalue weighted by molar-refractivity contribution is 0.174. The van der Waals surface area contributed by atoms with Crippen molar-refractivity contribution in [3.8, 4) is 23.0 Å². The monoisotopic (exact) mass is 435 g/mol. The maximum absolute atomic E-state index is 5.62. The van der Waals surface area contributed by atoms with Gasteiger partial charge in [0, 0.05) is 28.8 Å². The standard InChI is InChI=1S/C25H25NO4S/c1-27-19-8-9-20-25(14-19)31-24(17-7-10-22-23(13-17)30-16-29-22)11-12-26(20)15-18-5-3-4-6-21(18)28-2/h3-10,13-14,24H,11-12,15-16H2,1-2H3/t24-/m0/s1. The maximum Gasteiger partial charge on any atom is 0.231 e. The molecule has 2 aliphatic heterocycles. The van der Waals surface area contributed by atoms with E-state index in [0.29, 0.717) is 12.0 Å². The number of hydrogen-bond donors (Lipinski definition) is 0. The van der Waals surface area contributed by atoms with Crippen LogP contribution in [0.5, 0.6) is 23.0 Å². The number of methoxy groups -OCH3 is 2. The molecule has 0 aromatic heterocycles. The Hall–Kier alpha value is -2.99. The van der Waals surface area contributed by atoms with Crippen molar-refractivity contribution >= 4 is 17.4 Å². The number of rotatable bonds is 5. The van der Waals surface area contributed by atoms with Gasteiger partial charge in [-0.25, -0.2) is 0 Å². The fraction of sp³-hybridized carbons (Fsp3) is 0.280. The van der Waals surface area contributed by atoms with Crippen molar-refractivity contribution in [1.82, 2.24) is 0 Å². The van der Waals surface area contributed by atoms with Crippen LogP contribution in [0, 0.1) is 0 Å². The van der Waals surface area contributed by atoms with Crippen LogP contribution in [0.3, 0.4) is 0 Å². The molecule has 0 saturated carbocycles. The number of anilines is 1. The second-order valence-corrected chi connectivity index (χ2v) is 8.82. The Morgan fingerprint density at radius 2 is 1.84 bits per heavy atom. The summed E-state index contributed by atoms with van der Waals surface area (Å²) in [5.41, 5.74) is 3.65. The van der Waals surface area contributed by atoms with Gasteiger partial charge in [-0.3, -0.25) is 0 Å². The van der Waals surface area contributed by atoms with E-state index in [2.05, 4.69) is 41.3 Å². The van der Waals surface area contributed by atoms with E-state index >= 15 is 0 Å². The molecule has 0 amide bonds. The summed E-state index contributed by atoms with van der Waals surface area (Å²) in [6.45, 7) is 2.02. The molecule has 2 heterocycles. The van der Waals surface area contributed by atoms with Gasteiger partial charge in [-0.15, -0.1) is 11.8 Å². The zero-order chi connectivity index (χ0) is 21.2. The van der Waals surface area contributed by atoms with Gasteiger partial charge < -0.3 is 23.8 Å². The van der Waals surface area contributed by atoms with Gasteiger partial charge in [-0.05, 0) is 48.4 Å². The molecule has 3 aromatic carbocycles. The topological polar surface area (TPSA) is 40.2 Å². The first-order valence-electron chi connectivity index (χ1n) is 10.4. The molecule has 0 saturated heterocycles. The van der Waals surface area contributed by atoms with Crippen LogP contribution in [0.1, 0.15) is 22.8 Å². The van der Waals surface area contributed by atoms with Crippen LogP contribution in [0.25, 0.3) is 0 Å². The van der Waals surface area contributed by atoms with E-state index in [1.807, 2.05) is 36.0 Å². The minimum absolute atomic E-state index is 0.295. The zero-order valence-corrected chi connectivity index (χ0v) is 18.5. The number of benzene rings is 3. The molecule has 5 rings (SSSR count). The molecule has 3 aromatic rings. The molecule has 0 radical (unpaired) electrons. The summed E-state index contributed by atoms with van der Waals surface area (Å²) in [5, 5.41) is 0.308. The minimum atomic E-state index is 0.295. The first kappa shape index (κ1) is 19.9. The van der Waals surface area contributed by atoms with Crippen LogP contribution in [0.4, 0.5) is 5.69 Å². The third-order valence-corrected chi connectivity index (χ3v) is 7.13. The summed E-state index contributed by atoms with van der Waals surface area (Å²) in [6, 6.07) is 20.9. The van der Waals surface area contributed by atoms with Gasteiger partial charge in [0.25, 0.3) is 0 Å². The van der Waals surface area contributed by atoms with Crippen molar-refractivity contribution in [3.63, 3.8) is 0 Å². The second kappa shape index (κ2) is 8.63. The van der Waals surface area contributed by atoms with Crippen molar-refractivity contribution in [2.75, 3.05) is 32.5 Å². The summed E-state index contributed by atoms with van der Waals surface area (Å²) in [4.78, 5) is 3.65. The first-order valence-corrected chi connectivity index (χ1v) is 11.2. The number of nitrogens with zero attached hydrogens (tertiary/aromatic N) is 1. The Morgan fingerprint density at radius 3 is 2.71 bits per heavy atom. The van der Waals surface area contributed by atoms with Crippen molar-refractivity contribution < 1.29 is 18.9 Å². The molecular weight excluding hydrogens is 410 g/mol. The van der Waals surface area contributed by atoms with Crippen molar-refractivity contribution in [2.45, 2.75) is 23.1 Å². The van der Waals surface area contributed by atoms with Crippen LogP contribution < -0.4 is 23.8 Å². The van der Waals surface area contributed by atoms with Crippen LogP contribution in [0.2, 0.25) is 0 Å². The highest BCUT2D eigenvalue weighted by Crippen LogP contribution is 2.48. The number of hydrogen-bond acceptors (Lipinski definition) is 6.